The van der Waals surface area contributed by atoms with Crippen molar-refractivity contribution in [3.8, 4) is 0 Å². The van der Waals surface area contributed by atoms with E-state index in [9.17, 15) is 8.42 Å². The highest BCUT2D eigenvalue weighted by molar-refractivity contribution is 7.89. The predicted molar refractivity (Wildman–Crippen MR) is 65.8 cm³/mol. The number of rotatable bonds is 5. The largest absolute Gasteiger partial charge is 0.240 e. The van der Waals surface area contributed by atoms with Crippen molar-refractivity contribution >= 4 is 10.0 Å². The Morgan fingerprint density at radius 3 is 2.38 bits per heavy atom. The SMILES string of the molecule is CCC=CCNS(=O)(=O)c1ccc(C)cc1. The Labute approximate surface area is 97.2 Å². The van der Waals surface area contributed by atoms with Crippen LogP contribution in [0.2, 0.25) is 0 Å². The molecule has 1 N–H and O–H groups in total. The van der Waals surface area contributed by atoms with Gasteiger partial charge in [-0.1, -0.05) is 36.8 Å². The third-order valence-corrected chi connectivity index (χ3v) is 3.56. The van der Waals surface area contributed by atoms with Gasteiger partial charge in [-0.15, -0.1) is 0 Å². The Bertz CT molecular complexity index is 446. The quantitative estimate of drug-likeness (QED) is 0.801. The van der Waals surface area contributed by atoms with Crippen molar-refractivity contribution in [3.63, 3.8) is 0 Å². The first-order valence-electron chi connectivity index (χ1n) is 5.27. The average molecular weight is 239 g/mol. The van der Waals surface area contributed by atoms with E-state index >= 15 is 0 Å². The van der Waals surface area contributed by atoms with Crippen LogP contribution in [0.3, 0.4) is 0 Å². The van der Waals surface area contributed by atoms with Crippen LogP contribution in [0.25, 0.3) is 0 Å². The summed E-state index contributed by atoms with van der Waals surface area (Å²) in [6, 6.07) is 6.80. The van der Waals surface area contributed by atoms with Gasteiger partial charge in [0.05, 0.1) is 4.90 Å². The molecule has 0 saturated carbocycles. The molecule has 16 heavy (non-hydrogen) atoms. The molecule has 0 heterocycles. The lowest BCUT2D eigenvalue weighted by Gasteiger charge is -2.04. The van der Waals surface area contributed by atoms with Gasteiger partial charge in [0.15, 0.2) is 0 Å². The lowest BCUT2D eigenvalue weighted by atomic mass is 10.2. The first kappa shape index (κ1) is 12.9. The molecule has 0 atom stereocenters. The van der Waals surface area contributed by atoms with Crippen LogP contribution in [-0.4, -0.2) is 15.0 Å². The highest BCUT2D eigenvalue weighted by atomic mass is 32.2. The van der Waals surface area contributed by atoms with Crippen molar-refractivity contribution < 1.29 is 8.42 Å². The molecule has 0 amide bonds. The van der Waals surface area contributed by atoms with Gasteiger partial charge in [0, 0.05) is 6.54 Å². The molecule has 0 aliphatic carbocycles. The van der Waals surface area contributed by atoms with E-state index in [0.29, 0.717) is 11.4 Å². The zero-order valence-corrected chi connectivity index (χ0v) is 10.4. The summed E-state index contributed by atoms with van der Waals surface area (Å²) in [6.07, 6.45) is 4.65. The number of benzene rings is 1. The second-order valence-electron chi connectivity index (χ2n) is 3.54. The Hall–Kier alpha value is -1.13. The van der Waals surface area contributed by atoms with E-state index in [1.54, 1.807) is 24.3 Å². The Balaban J connectivity index is 2.71. The summed E-state index contributed by atoms with van der Waals surface area (Å²) >= 11 is 0. The van der Waals surface area contributed by atoms with E-state index in [-0.39, 0.29) is 0 Å². The number of allylic oxidation sites excluding steroid dienone is 1. The summed E-state index contributed by atoms with van der Waals surface area (Å²) < 4.78 is 26.0. The molecule has 0 unspecified atom stereocenters. The van der Waals surface area contributed by atoms with Crippen LogP contribution >= 0.6 is 0 Å². The molecule has 0 radical (unpaired) electrons. The zero-order valence-electron chi connectivity index (χ0n) is 9.60. The minimum atomic E-state index is -3.36. The summed E-state index contributed by atoms with van der Waals surface area (Å²) in [5.74, 6) is 0. The maximum Gasteiger partial charge on any atom is 0.240 e. The molecule has 0 spiro atoms. The monoisotopic (exact) mass is 239 g/mol. The molecule has 3 nitrogen and oxygen atoms in total. The van der Waals surface area contributed by atoms with E-state index in [2.05, 4.69) is 4.72 Å². The molecule has 0 bridgehead atoms. The van der Waals surface area contributed by atoms with Crippen molar-refractivity contribution in [2.24, 2.45) is 0 Å². The van der Waals surface area contributed by atoms with Crippen LogP contribution in [0.1, 0.15) is 18.9 Å². The Morgan fingerprint density at radius 1 is 1.19 bits per heavy atom. The minimum Gasteiger partial charge on any atom is -0.207 e. The van der Waals surface area contributed by atoms with E-state index in [0.717, 1.165) is 12.0 Å². The van der Waals surface area contributed by atoms with E-state index in [4.69, 9.17) is 0 Å². The van der Waals surface area contributed by atoms with Gasteiger partial charge in [-0.25, -0.2) is 13.1 Å². The van der Waals surface area contributed by atoms with Crippen molar-refractivity contribution in [1.29, 1.82) is 0 Å². The van der Waals surface area contributed by atoms with Crippen molar-refractivity contribution in [3.05, 3.63) is 42.0 Å². The fourth-order valence-corrected chi connectivity index (χ4v) is 2.19. The Kier molecular flexibility index (Phi) is 4.71. The van der Waals surface area contributed by atoms with Crippen LogP contribution in [-0.2, 0) is 10.0 Å². The minimum absolute atomic E-state index is 0.308. The summed E-state index contributed by atoms with van der Waals surface area (Å²) in [6.45, 7) is 4.27. The van der Waals surface area contributed by atoms with Crippen molar-refractivity contribution in [2.75, 3.05) is 6.54 Å². The van der Waals surface area contributed by atoms with Gasteiger partial charge in [-0.2, -0.15) is 0 Å². The zero-order chi connectivity index (χ0) is 12.0. The summed E-state index contributed by atoms with van der Waals surface area (Å²) in [5.41, 5.74) is 1.05. The molecule has 1 aromatic carbocycles. The molecule has 1 rings (SSSR count). The lowest BCUT2D eigenvalue weighted by Crippen LogP contribution is -2.23. The number of nitrogens with one attached hydrogen (secondary N) is 1. The second kappa shape index (κ2) is 5.82. The smallest absolute Gasteiger partial charge is 0.207 e. The lowest BCUT2D eigenvalue weighted by molar-refractivity contribution is 0.585. The fourth-order valence-electron chi connectivity index (χ4n) is 1.21. The number of hydrogen-bond acceptors (Lipinski definition) is 2. The second-order valence-corrected chi connectivity index (χ2v) is 5.31. The Morgan fingerprint density at radius 2 is 1.81 bits per heavy atom. The topological polar surface area (TPSA) is 46.2 Å². The summed E-state index contributed by atoms with van der Waals surface area (Å²) in [4.78, 5) is 0.308. The number of sulfonamides is 1. The first-order valence-corrected chi connectivity index (χ1v) is 6.76. The summed E-state index contributed by atoms with van der Waals surface area (Å²) in [7, 11) is -3.36. The van der Waals surface area contributed by atoms with Gasteiger partial charge in [-0.05, 0) is 25.5 Å². The third-order valence-electron chi connectivity index (χ3n) is 2.12. The molecule has 0 fully saturated rings. The first-order chi connectivity index (χ1) is 7.56. The normalized spacial score (nSPS) is 12.1. The van der Waals surface area contributed by atoms with Gasteiger partial charge >= 0.3 is 0 Å². The molecule has 0 aliphatic heterocycles. The maximum absolute atomic E-state index is 11.8. The molecular formula is C12H17NO2S. The number of aryl methyl sites for hydroxylation is 1. The molecule has 0 saturated heterocycles. The molecule has 0 aromatic heterocycles. The molecule has 4 heteroatoms. The van der Waals surface area contributed by atoms with E-state index in [1.165, 1.54) is 0 Å². The van der Waals surface area contributed by atoms with Crippen LogP contribution in [0.4, 0.5) is 0 Å². The van der Waals surface area contributed by atoms with Crippen LogP contribution in [0, 0.1) is 6.92 Å². The molecule has 88 valence electrons. The van der Waals surface area contributed by atoms with Crippen LogP contribution in [0.15, 0.2) is 41.3 Å². The van der Waals surface area contributed by atoms with Crippen LogP contribution in [0.5, 0.6) is 0 Å². The predicted octanol–water partition coefficient (Wildman–Crippen LogP) is 2.24. The number of hydrogen-bond donors (Lipinski definition) is 1. The molecular weight excluding hydrogens is 222 g/mol. The van der Waals surface area contributed by atoms with Crippen molar-refractivity contribution in [1.82, 2.24) is 4.72 Å². The molecule has 0 aliphatic rings. The van der Waals surface area contributed by atoms with Crippen LogP contribution < -0.4 is 4.72 Å². The molecule has 1 aromatic rings. The van der Waals surface area contributed by atoms with Gasteiger partial charge < -0.3 is 0 Å². The van der Waals surface area contributed by atoms with E-state index < -0.39 is 10.0 Å². The maximum atomic E-state index is 11.8. The highest BCUT2D eigenvalue weighted by Gasteiger charge is 2.11. The van der Waals surface area contributed by atoms with Gasteiger partial charge in [-0.3, -0.25) is 0 Å². The van der Waals surface area contributed by atoms with Gasteiger partial charge in [0.25, 0.3) is 0 Å². The third kappa shape index (κ3) is 3.79. The van der Waals surface area contributed by atoms with Gasteiger partial charge in [0.1, 0.15) is 0 Å². The fraction of sp³-hybridized carbons (Fsp3) is 0.333. The van der Waals surface area contributed by atoms with Gasteiger partial charge in [0.2, 0.25) is 10.0 Å². The van der Waals surface area contributed by atoms with E-state index in [1.807, 2.05) is 26.0 Å². The average Bonchev–Trinajstić information content (AvgIpc) is 2.25. The summed E-state index contributed by atoms with van der Waals surface area (Å²) in [5, 5.41) is 0. The van der Waals surface area contributed by atoms with Crippen molar-refractivity contribution in [2.45, 2.75) is 25.2 Å². The highest BCUT2D eigenvalue weighted by Crippen LogP contribution is 2.09. The standard InChI is InChI=1S/C12H17NO2S/c1-3-4-5-10-13-16(14,15)12-8-6-11(2)7-9-12/h4-9,13H,3,10H2,1-2H3.